The fourth-order valence-corrected chi connectivity index (χ4v) is 2.01. The first-order valence-corrected chi connectivity index (χ1v) is 6.29. The number of hydrogen-bond donors (Lipinski definition) is 1. The summed E-state index contributed by atoms with van der Waals surface area (Å²) in [6.45, 7) is 4.43. The summed E-state index contributed by atoms with van der Waals surface area (Å²) in [7, 11) is 0. The van der Waals surface area contributed by atoms with Crippen LogP contribution in [0.25, 0.3) is 0 Å². The number of aryl methyl sites for hydroxylation is 1. The van der Waals surface area contributed by atoms with Gasteiger partial charge in [-0.3, -0.25) is 0 Å². The Labute approximate surface area is 116 Å². The molecular weight excluding hydrogens is 258 g/mol. The van der Waals surface area contributed by atoms with E-state index in [1.165, 1.54) is 0 Å². The Morgan fingerprint density at radius 3 is 2.80 bits per heavy atom. The van der Waals surface area contributed by atoms with Crippen LogP contribution in [0.3, 0.4) is 0 Å². The second kappa shape index (κ2) is 4.97. The lowest BCUT2D eigenvalue weighted by atomic mass is 10.1. The van der Waals surface area contributed by atoms with Gasteiger partial charge in [-0.1, -0.05) is 0 Å². The molecule has 2 heterocycles. The van der Waals surface area contributed by atoms with E-state index in [9.17, 15) is 0 Å². The van der Waals surface area contributed by atoms with E-state index < -0.39 is 0 Å². The van der Waals surface area contributed by atoms with Crippen LogP contribution in [0.1, 0.15) is 16.8 Å². The molecular formula is C14H15N3O3. The maximum Gasteiger partial charge on any atom is 0.243 e. The number of hydrogen-bond acceptors (Lipinski definition) is 6. The second-order valence-corrected chi connectivity index (χ2v) is 4.52. The van der Waals surface area contributed by atoms with Crippen molar-refractivity contribution < 1.29 is 14.2 Å². The van der Waals surface area contributed by atoms with Gasteiger partial charge >= 0.3 is 0 Å². The molecule has 2 aromatic rings. The van der Waals surface area contributed by atoms with E-state index in [-0.39, 0.29) is 6.79 Å². The molecule has 0 saturated heterocycles. The van der Waals surface area contributed by atoms with Crippen LogP contribution in [0.2, 0.25) is 0 Å². The minimum Gasteiger partial charge on any atom is -0.454 e. The van der Waals surface area contributed by atoms with Crippen molar-refractivity contribution in [2.45, 2.75) is 20.4 Å². The van der Waals surface area contributed by atoms with Crippen LogP contribution in [-0.4, -0.2) is 17.0 Å². The fourth-order valence-electron chi connectivity index (χ4n) is 2.01. The third-order valence-corrected chi connectivity index (χ3v) is 3.31. The zero-order chi connectivity index (χ0) is 14.1. The number of benzene rings is 1. The van der Waals surface area contributed by atoms with Crippen LogP contribution in [0, 0.1) is 13.8 Å². The quantitative estimate of drug-likeness (QED) is 0.922. The van der Waals surface area contributed by atoms with Gasteiger partial charge in [0.05, 0.1) is 5.69 Å². The molecule has 1 aromatic carbocycles. The Kier molecular flexibility index (Phi) is 3.15. The summed E-state index contributed by atoms with van der Waals surface area (Å²) >= 11 is 0. The summed E-state index contributed by atoms with van der Waals surface area (Å²) in [5, 5.41) is 8.14. The SMILES string of the molecule is Cc1nnc(Oc2ccc3c(c2)OCO3)c(CN)c1C. The van der Waals surface area contributed by atoms with Gasteiger partial charge < -0.3 is 19.9 Å². The number of nitrogens with zero attached hydrogens (tertiary/aromatic N) is 2. The van der Waals surface area contributed by atoms with Gasteiger partial charge in [-0.25, -0.2) is 0 Å². The molecule has 0 unspecified atom stereocenters. The highest BCUT2D eigenvalue weighted by molar-refractivity contribution is 5.48. The van der Waals surface area contributed by atoms with E-state index >= 15 is 0 Å². The lowest BCUT2D eigenvalue weighted by molar-refractivity contribution is 0.174. The molecule has 0 fully saturated rings. The molecule has 20 heavy (non-hydrogen) atoms. The van der Waals surface area contributed by atoms with Crippen LogP contribution in [0.5, 0.6) is 23.1 Å². The molecule has 0 amide bonds. The standard InChI is InChI=1S/C14H15N3O3/c1-8-9(2)16-17-14(11(8)6-15)20-10-3-4-12-13(5-10)19-7-18-12/h3-5H,6-7,15H2,1-2H3. The van der Waals surface area contributed by atoms with Crippen LogP contribution < -0.4 is 19.9 Å². The summed E-state index contributed by atoms with van der Waals surface area (Å²) in [5.41, 5.74) is 8.48. The normalized spacial score (nSPS) is 12.6. The van der Waals surface area contributed by atoms with Gasteiger partial charge in [-0.15, -0.1) is 5.10 Å². The molecule has 3 rings (SSSR count). The molecule has 1 aliphatic heterocycles. The molecule has 0 radical (unpaired) electrons. The smallest absolute Gasteiger partial charge is 0.243 e. The van der Waals surface area contributed by atoms with Crippen molar-refractivity contribution in [3.05, 3.63) is 35.0 Å². The summed E-state index contributed by atoms with van der Waals surface area (Å²) in [5.74, 6) is 2.41. The fraction of sp³-hybridized carbons (Fsp3) is 0.286. The van der Waals surface area contributed by atoms with Crippen molar-refractivity contribution in [3.63, 3.8) is 0 Å². The Balaban J connectivity index is 1.93. The van der Waals surface area contributed by atoms with Crippen molar-refractivity contribution in [3.8, 4) is 23.1 Å². The van der Waals surface area contributed by atoms with E-state index in [2.05, 4.69) is 10.2 Å². The monoisotopic (exact) mass is 273 g/mol. The molecule has 0 saturated carbocycles. The topological polar surface area (TPSA) is 79.5 Å². The van der Waals surface area contributed by atoms with Crippen LogP contribution in [-0.2, 0) is 6.54 Å². The molecule has 104 valence electrons. The first-order valence-electron chi connectivity index (χ1n) is 6.29. The van der Waals surface area contributed by atoms with Crippen LogP contribution in [0.4, 0.5) is 0 Å². The molecule has 0 aliphatic carbocycles. The Bertz CT molecular complexity index is 658. The molecule has 0 atom stereocenters. The molecule has 2 N–H and O–H groups in total. The molecule has 6 nitrogen and oxygen atoms in total. The lowest BCUT2D eigenvalue weighted by Gasteiger charge is -2.12. The number of rotatable bonds is 3. The zero-order valence-electron chi connectivity index (χ0n) is 11.3. The second-order valence-electron chi connectivity index (χ2n) is 4.52. The van der Waals surface area contributed by atoms with Crippen molar-refractivity contribution in [1.29, 1.82) is 0 Å². The minimum atomic E-state index is 0.232. The van der Waals surface area contributed by atoms with Gasteiger partial charge in [0.2, 0.25) is 12.7 Å². The number of ether oxygens (including phenoxy) is 3. The highest BCUT2D eigenvalue weighted by Gasteiger charge is 2.16. The molecule has 1 aromatic heterocycles. The summed E-state index contributed by atoms with van der Waals surface area (Å²) in [6.07, 6.45) is 0. The number of fused-ring (bicyclic) bond motifs is 1. The third kappa shape index (κ3) is 2.14. The summed E-state index contributed by atoms with van der Waals surface area (Å²) in [4.78, 5) is 0. The van der Waals surface area contributed by atoms with Gasteiger partial charge in [-0.2, -0.15) is 5.10 Å². The van der Waals surface area contributed by atoms with E-state index in [1.807, 2.05) is 13.8 Å². The highest BCUT2D eigenvalue weighted by Crippen LogP contribution is 2.36. The summed E-state index contributed by atoms with van der Waals surface area (Å²) in [6, 6.07) is 5.36. The predicted molar refractivity (Wildman–Crippen MR) is 72.0 cm³/mol. The van der Waals surface area contributed by atoms with E-state index in [1.54, 1.807) is 18.2 Å². The maximum atomic E-state index is 5.77. The highest BCUT2D eigenvalue weighted by atomic mass is 16.7. The number of aromatic nitrogens is 2. The average molecular weight is 273 g/mol. The molecule has 0 bridgehead atoms. The van der Waals surface area contributed by atoms with Crippen molar-refractivity contribution in [2.24, 2.45) is 5.73 Å². The lowest BCUT2D eigenvalue weighted by Crippen LogP contribution is -2.07. The van der Waals surface area contributed by atoms with Crippen molar-refractivity contribution in [2.75, 3.05) is 6.79 Å². The van der Waals surface area contributed by atoms with Crippen LogP contribution in [0.15, 0.2) is 18.2 Å². The van der Waals surface area contributed by atoms with Crippen molar-refractivity contribution in [1.82, 2.24) is 10.2 Å². The van der Waals surface area contributed by atoms with Crippen LogP contribution >= 0.6 is 0 Å². The third-order valence-electron chi connectivity index (χ3n) is 3.31. The largest absolute Gasteiger partial charge is 0.454 e. The Hall–Kier alpha value is -2.34. The summed E-state index contributed by atoms with van der Waals surface area (Å²) < 4.78 is 16.3. The first-order chi connectivity index (χ1) is 9.69. The van der Waals surface area contributed by atoms with Gasteiger partial charge in [0, 0.05) is 18.2 Å². The van der Waals surface area contributed by atoms with E-state index in [0.717, 1.165) is 16.8 Å². The molecule has 6 heteroatoms. The van der Waals surface area contributed by atoms with Gasteiger partial charge in [0.25, 0.3) is 0 Å². The average Bonchev–Trinajstić information content (AvgIpc) is 2.91. The Morgan fingerprint density at radius 2 is 2.00 bits per heavy atom. The first kappa shape index (κ1) is 12.7. The van der Waals surface area contributed by atoms with E-state index in [0.29, 0.717) is 29.7 Å². The maximum absolute atomic E-state index is 5.77. The number of nitrogens with two attached hydrogens (primary N) is 1. The van der Waals surface area contributed by atoms with E-state index in [4.69, 9.17) is 19.9 Å². The Morgan fingerprint density at radius 1 is 1.20 bits per heavy atom. The predicted octanol–water partition coefficient (Wildman–Crippen LogP) is 2.07. The van der Waals surface area contributed by atoms with Gasteiger partial charge in [-0.05, 0) is 31.5 Å². The van der Waals surface area contributed by atoms with Crippen molar-refractivity contribution >= 4 is 0 Å². The van der Waals surface area contributed by atoms with Gasteiger partial charge in [0.1, 0.15) is 5.75 Å². The van der Waals surface area contributed by atoms with Gasteiger partial charge in [0.15, 0.2) is 11.5 Å². The minimum absolute atomic E-state index is 0.232. The zero-order valence-corrected chi connectivity index (χ0v) is 11.3. The molecule has 1 aliphatic rings. The molecule has 0 spiro atoms.